The van der Waals surface area contributed by atoms with E-state index in [4.69, 9.17) is 4.74 Å². The number of hydrogen-bond acceptors (Lipinski definition) is 3. The van der Waals surface area contributed by atoms with E-state index in [1.54, 1.807) is 0 Å². The molecule has 0 bridgehead atoms. The van der Waals surface area contributed by atoms with Crippen molar-refractivity contribution in [2.45, 2.75) is 50.7 Å². The minimum absolute atomic E-state index is 0.0639. The van der Waals surface area contributed by atoms with E-state index in [0.717, 1.165) is 19.6 Å². The van der Waals surface area contributed by atoms with Crippen LogP contribution in [0.25, 0.3) is 0 Å². The van der Waals surface area contributed by atoms with Crippen molar-refractivity contribution >= 4 is 0 Å². The first kappa shape index (κ1) is 11.0. The third-order valence-corrected chi connectivity index (χ3v) is 4.79. The Morgan fingerprint density at radius 3 is 2.44 bits per heavy atom. The minimum atomic E-state index is -0.0639. The summed E-state index contributed by atoms with van der Waals surface area (Å²) < 4.78 is 5.43. The van der Waals surface area contributed by atoms with Crippen LogP contribution in [0.5, 0.6) is 0 Å². The molecule has 16 heavy (non-hydrogen) atoms. The predicted octanol–water partition coefficient (Wildman–Crippen LogP) is 1.40. The second kappa shape index (κ2) is 4.28. The molecule has 2 heterocycles. The third kappa shape index (κ3) is 1.89. The van der Waals surface area contributed by atoms with Crippen LogP contribution in [0.2, 0.25) is 0 Å². The molecule has 92 valence electrons. The van der Waals surface area contributed by atoms with Crippen LogP contribution in [-0.2, 0) is 4.74 Å². The van der Waals surface area contributed by atoms with Gasteiger partial charge in [0, 0.05) is 37.8 Å². The average molecular weight is 225 g/mol. The molecule has 2 aliphatic heterocycles. The number of nitrogens with zero attached hydrogens (tertiary/aromatic N) is 1. The Kier molecular flexibility index (Phi) is 2.94. The van der Waals surface area contributed by atoms with Crippen LogP contribution in [0.1, 0.15) is 38.5 Å². The SMILES string of the molecule is OC1CCCCC1N1CC2(CCOCC2)C1. The van der Waals surface area contributed by atoms with E-state index in [9.17, 15) is 5.11 Å². The summed E-state index contributed by atoms with van der Waals surface area (Å²) in [5.41, 5.74) is 0.551. The van der Waals surface area contributed by atoms with Gasteiger partial charge in [-0.3, -0.25) is 4.90 Å². The Morgan fingerprint density at radius 1 is 1.06 bits per heavy atom. The fourth-order valence-corrected chi connectivity index (χ4v) is 3.69. The fourth-order valence-electron chi connectivity index (χ4n) is 3.69. The van der Waals surface area contributed by atoms with E-state index >= 15 is 0 Å². The van der Waals surface area contributed by atoms with E-state index in [-0.39, 0.29) is 6.10 Å². The Bertz CT molecular complexity index is 242. The molecule has 0 aromatic rings. The molecule has 0 aromatic carbocycles. The van der Waals surface area contributed by atoms with Crippen LogP contribution in [-0.4, -0.2) is 48.5 Å². The number of likely N-dealkylation sites (tertiary alicyclic amines) is 1. The minimum Gasteiger partial charge on any atom is -0.391 e. The fraction of sp³-hybridized carbons (Fsp3) is 1.00. The lowest BCUT2D eigenvalue weighted by Gasteiger charge is -2.56. The number of aliphatic hydroxyl groups excluding tert-OH is 1. The van der Waals surface area contributed by atoms with Crippen molar-refractivity contribution in [3.8, 4) is 0 Å². The van der Waals surface area contributed by atoms with Crippen molar-refractivity contribution < 1.29 is 9.84 Å². The summed E-state index contributed by atoms with van der Waals surface area (Å²) in [6, 6.07) is 0.460. The monoisotopic (exact) mass is 225 g/mol. The van der Waals surface area contributed by atoms with E-state index in [2.05, 4.69) is 4.90 Å². The summed E-state index contributed by atoms with van der Waals surface area (Å²) in [7, 11) is 0. The van der Waals surface area contributed by atoms with Gasteiger partial charge in [-0.1, -0.05) is 12.8 Å². The zero-order valence-electron chi connectivity index (χ0n) is 10.0. The molecule has 3 nitrogen and oxygen atoms in total. The number of aliphatic hydroxyl groups is 1. The van der Waals surface area contributed by atoms with Crippen LogP contribution in [0.4, 0.5) is 0 Å². The highest BCUT2D eigenvalue weighted by molar-refractivity contribution is 5.00. The summed E-state index contributed by atoms with van der Waals surface area (Å²) in [6.07, 6.45) is 7.12. The summed E-state index contributed by atoms with van der Waals surface area (Å²) in [4.78, 5) is 2.52. The molecule has 1 saturated carbocycles. The average Bonchev–Trinajstić information content (AvgIpc) is 2.28. The summed E-state index contributed by atoms with van der Waals surface area (Å²) in [6.45, 7) is 4.30. The molecule has 0 amide bonds. The normalized spacial score (nSPS) is 39.6. The van der Waals surface area contributed by atoms with Crippen LogP contribution in [0.15, 0.2) is 0 Å². The second-order valence-electron chi connectivity index (χ2n) is 5.94. The molecule has 2 unspecified atom stereocenters. The predicted molar refractivity (Wildman–Crippen MR) is 62.3 cm³/mol. The molecule has 3 heteroatoms. The first-order chi connectivity index (χ1) is 7.79. The van der Waals surface area contributed by atoms with Crippen LogP contribution in [0.3, 0.4) is 0 Å². The van der Waals surface area contributed by atoms with Crippen LogP contribution in [0, 0.1) is 5.41 Å². The van der Waals surface area contributed by atoms with Gasteiger partial charge in [0.05, 0.1) is 6.10 Å². The Labute approximate surface area is 97.8 Å². The molecular weight excluding hydrogens is 202 g/mol. The van der Waals surface area contributed by atoms with E-state index < -0.39 is 0 Å². The van der Waals surface area contributed by atoms with E-state index in [1.807, 2.05) is 0 Å². The first-order valence-electron chi connectivity index (χ1n) is 6.79. The lowest BCUT2D eigenvalue weighted by molar-refractivity contribution is -0.122. The Morgan fingerprint density at radius 2 is 1.75 bits per heavy atom. The van der Waals surface area contributed by atoms with Gasteiger partial charge in [0.15, 0.2) is 0 Å². The summed E-state index contributed by atoms with van der Waals surface area (Å²) >= 11 is 0. The first-order valence-corrected chi connectivity index (χ1v) is 6.79. The lowest BCUT2D eigenvalue weighted by atomic mass is 9.71. The number of ether oxygens (including phenoxy) is 1. The summed E-state index contributed by atoms with van der Waals surface area (Å²) in [5.74, 6) is 0. The molecule has 3 rings (SSSR count). The molecular formula is C13H23NO2. The van der Waals surface area contributed by atoms with Crippen molar-refractivity contribution in [3.63, 3.8) is 0 Å². The third-order valence-electron chi connectivity index (χ3n) is 4.79. The smallest absolute Gasteiger partial charge is 0.0695 e. The van der Waals surface area contributed by atoms with Crippen molar-refractivity contribution in [2.24, 2.45) is 5.41 Å². The van der Waals surface area contributed by atoms with Gasteiger partial charge >= 0.3 is 0 Å². The van der Waals surface area contributed by atoms with Gasteiger partial charge in [0.2, 0.25) is 0 Å². The molecule has 2 atom stereocenters. The lowest BCUT2D eigenvalue weighted by Crippen LogP contribution is -2.64. The molecule has 0 radical (unpaired) electrons. The molecule has 3 aliphatic rings. The summed E-state index contributed by atoms with van der Waals surface area (Å²) in [5, 5.41) is 10.0. The zero-order chi connectivity index (χ0) is 11.0. The van der Waals surface area contributed by atoms with Crippen molar-refractivity contribution in [1.82, 2.24) is 4.90 Å². The van der Waals surface area contributed by atoms with E-state index in [0.29, 0.717) is 11.5 Å². The van der Waals surface area contributed by atoms with Crippen molar-refractivity contribution in [1.29, 1.82) is 0 Å². The molecule has 0 aromatic heterocycles. The van der Waals surface area contributed by atoms with Gasteiger partial charge < -0.3 is 9.84 Å². The number of rotatable bonds is 1. The highest BCUT2D eigenvalue weighted by Crippen LogP contribution is 2.42. The van der Waals surface area contributed by atoms with Gasteiger partial charge in [0.1, 0.15) is 0 Å². The Hall–Kier alpha value is -0.120. The maximum atomic E-state index is 10.0. The largest absolute Gasteiger partial charge is 0.391 e. The molecule has 2 saturated heterocycles. The van der Waals surface area contributed by atoms with Crippen LogP contribution >= 0.6 is 0 Å². The zero-order valence-corrected chi connectivity index (χ0v) is 10.0. The maximum absolute atomic E-state index is 10.0. The second-order valence-corrected chi connectivity index (χ2v) is 5.94. The quantitative estimate of drug-likeness (QED) is 0.732. The molecule has 1 aliphatic carbocycles. The van der Waals surface area contributed by atoms with Gasteiger partial charge in [-0.05, 0) is 25.7 Å². The topological polar surface area (TPSA) is 32.7 Å². The van der Waals surface area contributed by atoms with Gasteiger partial charge in [0.25, 0.3) is 0 Å². The molecule has 3 fully saturated rings. The highest BCUT2D eigenvalue weighted by Gasteiger charge is 2.47. The maximum Gasteiger partial charge on any atom is 0.0695 e. The van der Waals surface area contributed by atoms with Crippen molar-refractivity contribution in [2.75, 3.05) is 26.3 Å². The number of hydrogen-bond donors (Lipinski definition) is 1. The highest BCUT2D eigenvalue weighted by atomic mass is 16.5. The van der Waals surface area contributed by atoms with E-state index in [1.165, 1.54) is 45.2 Å². The van der Waals surface area contributed by atoms with Gasteiger partial charge in [-0.25, -0.2) is 0 Å². The van der Waals surface area contributed by atoms with Crippen molar-refractivity contribution in [3.05, 3.63) is 0 Å². The Balaban J connectivity index is 1.55. The molecule has 1 spiro atoms. The van der Waals surface area contributed by atoms with Gasteiger partial charge in [-0.15, -0.1) is 0 Å². The van der Waals surface area contributed by atoms with Gasteiger partial charge in [-0.2, -0.15) is 0 Å². The standard InChI is InChI=1S/C13H23NO2/c15-12-4-2-1-3-11(12)14-9-13(10-14)5-7-16-8-6-13/h11-12,15H,1-10H2. The molecule has 1 N–H and O–H groups in total. The van der Waals surface area contributed by atoms with Crippen LogP contribution < -0.4 is 0 Å².